The maximum atomic E-state index is 12.1. The monoisotopic (exact) mass is 291 g/mol. The molecule has 0 heterocycles. The van der Waals surface area contributed by atoms with Crippen molar-refractivity contribution < 1.29 is 4.39 Å². The molecule has 1 aromatic rings. The molecule has 0 amide bonds. The van der Waals surface area contributed by atoms with Crippen LogP contribution in [0.1, 0.15) is 5.56 Å². The topological polar surface area (TPSA) is 0 Å². The second-order valence-electron chi connectivity index (χ2n) is 1.73. The lowest BCUT2D eigenvalue weighted by molar-refractivity contribution is 0.627. The zero-order chi connectivity index (χ0) is 8.69. The Bertz CT molecular complexity index is 167. The molecule has 0 aliphatic carbocycles. The molecule has 1 rings (SSSR count). The average molecular weight is 293 g/mol. The smallest absolute Gasteiger partial charge is 0.280 e. The average Bonchev–Trinajstić information content (AvgIpc) is 1.97. The van der Waals surface area contributed by atoms with Crippen LogP contribution < -0.4 is 0 Å². The van der Waals surface area contributed by atoms with Crippen LogP contribution in [-0.4, -0.2) is 16.0 Å². The summed E-state index contributed by atoms with van der Waals surface area (Å²) >= 11 is 6.44. The van der Waals surface area contributed by atoms with Gasteiger partial charge in [0.2, 0.25) is 0 Å². The zero-order valence-corrected chi connectivity index (χ0v) is 10.4. The maximum Gasteiger partial charge on any atom is 0.560 e. The molecule has 0 saturated carbocycles. The Morgan fingerprint density at radius 3 is 1.82 bits per heavy atom. The van der Waals surface area contributed by atoms with Gasteiger partial charge in [-0.2, -0.15) is 0 Å². The van der Waals surface area contributed by atoms with E-state index in [0.29, 0.717) is 0 Å². The molecule has 4 heteroatoms. The fourth-order valence-corrected chi connectivity index (χ4v) is 0.484. The molecule has 0 fully saturated rings. The fraction of sp³-hybridized carbons (Fsp3) is 0. The van der Waals surface area contributed by atoms with Crippen molar-refractivity contribution >= 4 is 41.8 Å². The van der Waals surface area contributed by atoms with Gasteiger partial charge >= 0.3 is 16.0 Å². The Morgan fingerprint density at radius 2 is 1.55 bits per heavy atom. The van der Waals surface area contributed by atoms with Gasteiger partial charge in [-0.1, -0.05) is 12.1 Å². The number of hydrogen-bond donors (Lipinski definition) is 0. The standard InChI is InChI=1S/C7H6F.2BrH.Mg/c1-6-2-4-7(8)5-3-6;;;/h2-5H,1H2;2*1H;/q;;;+2/p-2. The molecule has 0 saturated heterocycles. The molecule has 0 unspecified atom stereocenters. The minimum Gasteiger partial charge on any atom is -0.280 e. The fourth-order valence-electron chi connectivity index (χ4n) is 0.484. The Morgan fingerprint density at radius 1 is 1.18 bits per heavy atom. The number of benzene rings is 1. The predicted octanol–water partition coefficient (Wildman–Crippen LogP) is 3.32. The van der Waals surface area contributed by atoms with Gasteiger partial charge in [0.15, 0.2) is 0 Å². The summed E-state index contributed by atoms with van der Waals surface area (Å²) in [5.41, 5.74) is 0.839. The highest BCUT2D eigenvalue weighted by Crippen LogP contribution is 1.98. The Hall–Kier alpha value is 0.876. The summed E-state index contributed by atoms with van der Waals surface area (Å²) in [5.74, 6) is -0.211. The lowest BCUT2D eigenvalue weighted by atomic mass is 10.2. The molecule has 0 aromatic heterocycles. The molecule has 0 aliphatic heterocycles. The summed E-state index contributed by atoms with van der Waals surface area (Å²) in [4.78, 5) is 0. The molecule has 0 aliphatic rings. The largest absolute Gasteiger partial charge is 0.560 e. The van der Waals surface area contributed by atoms with Crippen molar-refractivity contribution in [3.05, 3.63) is 42.6 Å². The second-order valence-corrected chi connectivity index (χ2v) is 9.81. The van der Waals surface area contributed by atoms with Crippen LogP contribution in [0.2, 0.25) is 0 Å². The van der Waals surface area contributed by atoms with Crippen LogP contribution in [0.3, 0.4) is 0 Å². The molecule has 0 atom stereocenters. The molecule has 1 aromatic carbocycles. The molecule has 11 heavy (non-hydrogen) atoms. The highest BCUT2D eigenvalue weighted by atomic mass is 79.9. The number of halogens is 3. The minimum atomic E-state index is -0.211. The van der Waals surface area contributed by atoms with Crippen LogP contribution in [0.15, 0.2) is 24.3 Å². The van der Waals surface area contributed by atoms with Gasteiger partial charge in [-0.3, -0.25) is 25.8 Å². The van der Waals surface area contributed by atoms with Crippen LogP contribution in [0.5, 0.6) is 0 Å². The summed E-state index contributed by atoms with van der Waals surface area (Å²) in [6.07, 6.45) is 0. The van der Waals surface area contributed by atoms with Gasteiger partial charge in [0.1, 0.15) is 5.82 Å². The first-order chi connectivity index (χ1) is 5.20. The van der Waals surface area contributed by atoms with E-state index >= 15 is 0 Å². The van der Waals surface area contributed by atoms with Gasteiger partial charge in [-0.15, -0.1) is 0 Å². The van der Waals surface area contributed by atoms with Crippen LogP contribution >= 0.6 is 25.8 Å². The van der Waals surface area contributed by atoms with Gasteiger partial charge in [-0.05, 0) is 24.6 Å². The summed E-state index contributed by atoms with van der Waals surface area (Å²) in [7, 11) is 0. The number of rotatable bonds is 0. The van der Waals surface area contributed by atoms with E-state index in [4.69, 9.17) is 0 Å². The Kier molecular flexibility index (Phi) is 8.12. The van der Waals surface area contributed by atoms with Gasteiger partial charge < -0.3 is 0 Å². The first-order valence-electron chi connectivity index (χ1n) is 2.90. The molecule has 0 bridgehead atoms. The van der Waals surface area contributed by atoms with E-state index in [1.54, 1.807) is 12.1 Å². The van der Waals surface area contributed by atoms with E-state index in [0.717, 1.165) is 5.56 Å². The van der Waals surface area contributed by atoms with E-state index in [1.165, 1.54) is 12.1 Å². The third-order valence-corrected chi connectivity index (χ3v) is 0.913. The van der Waals surface area contributed by atoms with Crippen molar-refractivity contribution in [1.29, 1.82) is 0 Å². The van der Waals surface area contributed by atoms with Crippen LogP contribution in [0, 0.1) is 12.7 Å². The van der Waals surface area contributed by atoms with Crippen LogP contribution in [-0.2, 0) is 0 Å². The van der Waals surface area contributed by atoms with Crippen molar-refractivity contribution in [3.8, 4) is 0 Å². The van der Waals surface area contributed by atoms with Crippen molar-refractivity contribution in [2.45, 2.75) is 0 Å². The van der Waals surface area contributed by atoms with E-state index < -0.39 is 0 Å². The van der Waals surface area contributed by atoms with Crippen molar-refractivity contribution in [1.82, 2.24) is 0 Å². The van der Waals surface area contributed by atoms with Crippen LogP contribution in [0.4, 0.5) is 4.39 Å². The van der Waals surface area contributed by atoms with Gasteiger partial charge in [-0.25, -0.2) is 4.39 Å². The summed E-state index contributed by atoms with van der Waals surface area (Å²) in [5, 5.41) is 0. The van der Waals surface area contributed by atoms with E-state index in [9.17, 15) is 4.39 Å². The zero-order valence-electron chi connectivity index (χ0n) is 5.86. The Labute approximate surface area is 88.0 Å². The van der Waals surface area contributed by atoms with Crippen LogP contribution in [0.25, 0.3) is 0 Å². The quantitative estimate of drug-likeness (QED) is 0.644. The van der Waals surface area contributed by atoms with Crippen molar-refractivity contribution in [3.63, 3.8) is 0 Å². The molecule has 0 spiro atoms. The van der Waals surface area contributed by atoms with Gasteiger partial charge in [0, 0.05) is 0 Å². The maximum absolute atomic E-state index is 12.1. The number of hydrogen-bond acceptors (Lipinski definition) is 0. The van der Waals surface area contributed by atoms with E-state index in [-0.39, 0.29) is 21.8 Å². The molecule has 0 nitrogen and oxygen atoms in total. The predicted molar refractivity (Wildman–Crippen MR) is 54.5 cm³/mol. The summed E-state index contributed by atoms with van der Waals surface area (Å²) in [6.45, 7) is 3.60. The molecule has 0 N–H and O–H groups in total. The third-order valence-electron chi connectivity index (χ3n) is 0.913. The SMILES string of the molecule is [Br][Mg][Br].[CH2]c1ccc(F)cc1. The summed E-state index contributed by atoms with van der Waals surface area (Å²) in [6, 6.07) is 6.05. The minimum absolute atomic E-state index is 0.0417. The lowest BCUT2D eigenvalue weighted by Crippen LogP contribution is -1.71. The molecular weight excluding hydrogens is 287 g/mol. The van der Waals surface area contributed by atoms with E-state index in [2.05, 4.69) is 32.7 Å². The lowest BCUT2D eigenvalue weighted by Gasteiger charge is -1.86. The normalized spacial score (nSPS) is 7.64. The first kappa shape index (κ1) is 11.9. The van der Waals surface area contributed by atoms with Crippen molar-refractivity contribution in [2.24, 2.45) is 0 Å². The van der Waals surface area contributed by atoms with E-state index in [1.807, 2.05) is 0 Å². The third kappa shape index (κ3) is 7.24. The highest BCUT2D eigenvalue weighted by Gasteiger charge is 1.83. The van der Waals surface area contributed by atoms with Gasteiger partial charge in [0.25, 0.3) is 0 Å². The summed E-state index contributed by atoms with van der Waals surface area (Å²) < 4.78 is 12.1. The molecule has 57 valence electrons. The van der Waals surface area contributed by atoms with Crippen molar-refractivity contribution in [2.75, 3.05) is 0 Å². The van der Waals surface area contributed by atoms with Gasteiger partial charge in [0.05, 0.1) is 0 Å². The highest BCUT2D eigenvalue weighted by molar-refractivity contribution is 9.47. The second kappa shape index (κ2) is 7.52. The Balaban J connectivity index is 0.000000292. The molecule has 1 radical (unpaired) electrons. The first-order valence-corrected chi connectivity index (χ1v) is 10.7. The molecular formula is C7H6Br2FMg.